The van der Waals surface area contributed by atoms with E-state index >= 15 is 0 Å². The van der Waals surface area contributed by atoms with Gasteiger partial charge < -0.3 is 15.6 Å². The number of halogens is 1. The highest BCUT2D eigenvalue weighted by Gasteiger charge is 2.20. The number of aliphatic imine (C=N–C) groups is 1. The summed E-state index contributed by atoms with van der Waals surface area (Å²) in [6.45, 7) is 7.21. The van der Waals surface area contributed by atoms with Crippen molar-refractivity contribution in [3.05, 3.63) is 52.1 Å². The van der Waals surface area contributed by atoms with Crippen LogP contribution in [0.1, 0.15) is 29.1 Å². The molecule has 31 heavy (non-hydrogen) atoms. The van der Waals surface area contributed by atoms with E-state index in [-0.39, 0.29) is 24.0 Å². The molecule has 6 nitrogen and oxygen atoms in total. The molecule has 1 aliphatic rings. The van der Waals surface area contributed by atoms with Gasteiger partial charge in [0, 0.05) is 49.2 Å². The second-order valence-corrected chi connectivity index (χ2v) is 9.13. The van der Waals surface area contributed by atoms with Crippen molar-refractivity contribution in [1.82, 2.24) is 25.5 Å². The molecule has 0 atom stereocenters. The molecule has 0 aliphatic carbocycles. The average Bonchev–Trinajstić information content (AvgIpc) is 3.37. The number of likely N-dealkylation sites (tertiary alicyclic amines) is 1. The predicted molar refractivity (Wildman–Crippen MR) is 142 cm³/mol. The summed E-state index contributed by atoms with van der Waals surface area (Å²) in [6, 6.07) is 8.46. The Morgan fingerprint density at radius 2 is 2.06 bits per heavy atom. The van der Waals surface area contributed by atoms with Crippen LogP contribution in [0.4, 0.5) is 0 Å². The lowest BCUT2D eigenvalue weighted by atomic mass is 9.97. The van der Waals surface area contributed by atoms with Gasteiger partial charge in [0.15, 0.2) is 5.96 Å². The summed E-state index contributed by atoms with van der Waals surface area (Å²) in [6.07, 6.45) is 5.54. The van der Waals surface area contributed by atoms with Crippen LogP contribution in [-0.2, 0) is 13.0 Å². The third-order valence-electron chi connectivity index (χ3n) is 5.90. The molecule has 0 bridgehead atoms. The van der Waals surface area contributed by atoms with Crippen LogP contribution < -0.4 is 10.6 Å². The zero-order valence-corrected chi connectivity index (χ0v) is 21.5. The monoisotopic (exact) mass is 552 g/mol. The van der Waals surface area contributed by atoms with Gasteiger partial charge in [0.1, 0.15) is 0 Å². The second-order valence-electron chi connectivity index (χ2n) is 8.07. The van der Waals surface area contributed by atoms with Crippen LogP contribution in [-0.4, -0.2) is 54.1 Å². The Hall–Kier alpha value is -1.65. The summed E-state index contributed by atoms with van der Waals surface area (Å²) >= 11 is 1.74. The first-order chi connectivity index (χ1) is 14.7. The molecular weight excluding hydrogens is 519 g/mol. The van der Waals surface area contributed by atoms with Crippen molar-refractivity contribution in [3.8, 4) is 0 Å². The molecule has 0 saturated carbocycles. The number of para-hydroxylation sites is 1. The average molecular weight is 553 g/mol. The number of piperidine rings is 1. The molecule has 4 rings (SSSR count). The molecule has 168 valence electrons. The van der Waals surface area contributed by atoms with Crippen LogP contribution >= 0.6 is 35.3 Å². The number of thiazole rings is 1. The van der Waals surface area contributed by atoms with E-state index in [1.807, 2.05) is 7.05 Å². The van der Waals surface area contributed by atoms with Crippen molar-refractivity contribution in [3.63, 3.8) is 0 Å². The molecular formula is C23H33IN6S. The maximum atomic E-state index is 4.60. The highest BCUT2D eigenvalue weighted by Crippen LogP contribution is 2.19. The third kappa shape index (κ3) is 6.66. The Balaban J connectivity index is 0.00000272. The Bertz CT molecular complexity index is 973. The molecule has 0 amide bonds. The lowest BCUT2D eigenvalue weighted by Gasteiger charge is -2.31. The zero-order chi connectivity index (χ0) is 20.8. The Morgan fingerprint density at radius 1 is 1.26 bits per heavy atom. The summed E-state index contributed by atoms with van der Waals surface area (Å²) < 4.78 is 0. The summed E-state index contributed by atoms with van der Waals surface area (Å²) in [5.74, 6) is 1.60. The maximum absolute atomic E-state index is 4.60. The Kier molecular flexibility index (Phi) is 9.15. The molecule has 3 heterocycles. The first-order valence-corrected chi connectivity index (χ1v) is 11.7. The van der Waals surface area contributed by atoms with Gasteiger partial charge in [0.05, 0.1) is 10.7 Å². The minimum Gasteiger partial charge on any atom is -0.361 e. The molecule has 3 N–H and O–H groups in total. The summed E-state index contributed by atoms with van der Waals surface area (Å²) in [5.41, 5.74) is 3.76. The van der Waals surface area contributed by atoms with Gasteiger partial charge in [-0.3, -0.25) is 9.89 Å². The largest absolute Gasteiger partial charge is 0.361 e. The van der Waals surface area contributed by atoms with Crippen molar-refractivity contribution < 1.29 is 0 Å². The maximum Gasteiger partial charge on any atom is 0.190 e. The van der Waals surface area contributed by atoms with Crippen molar-refractivity contribution in [1.29, 1.82) is 0 Å². The molecule has 1 fully saturated rings. The molecule has 2 aromatic heterocycles. The van der Waals surface area contributed by atoms with Crippen LogP contribution in [0.3, 0.4) is 0 Å². The number of nitrogens with one attached hydrogen (secondary N) is 3. The highest BCUT2D eigenvalue weighted by molar-refractivity contribution is 14.0. The van der Waals surface area contributed by atoms with Crippen LogP contribution in [0.2, 0.25) is 0 Å². The van der Waals surface area contributed by atoms with Crippen LogP contribution in [0.25, 0.3) is 10.9 Å². The van der Waals surface area contributed by atoms with Crippen molar-refractivity contribution in [2.45, 2.75) is 32.7 Å². The Labute approximate surface area is 206 Å². The number of benzene rings is 1. The van der Waals surface area contributed by atoms with Gasteiger partial charge in [-0.2, -0.15) is 0 Å². The van der Waals surface area contributed by atoms with Gasteiger partial charge in [-0.25, -0.2) is 4.98 Å². The molecule has 3 aromatic rings. The lowest BCUT2D eigenvalue weighted by molar-refractivity contribution is 0.176. The van der Waals surface area contributed by atoms with E-state index in [4.69, 9.17) is 0 Å². The van der Waals surface area contributed by atoms with Gasteiger partial charge in [-0.05, 0) is 56.8 Å². The number of aromatic nitrogens is 2. The Morgan fingerprint density at radius 3 is 2.81 bits per heavy atom. The van der Waals surface area contributed by atoms with E-state index in [0.29, 0.717) is 5.92 Å². The number of hydrogen-bond acceptors (Lipinski definition) is 4. The van der Waals surface area contributed by atoms with E-state index < -0.39 is 0 Å². The van der Waals surface area contributed by atoms with Crippen molar-refractivity contribution >= 4 is 52.2 Å². The van der Waals surface area contributed by atoms with Gasteiger partial charge >= 0.3 is 0 Å². The number of hydrogen-bond donors (Lipinski definition) is 3. The molecule has 1 aromatic carbocycles. The van der Waals surface area contributed by atoms with E-state index in [2.05, 4.69) is 73.3 Å². The number of H-pyrrole nitrogens is 1. The smallest absolute Gasteiger partial charge is 0.190 e. The first kappa shape index (κ1) is 24.0. The molecule has 1 aliphatic heterocycles. The fourth-order valence-corrected chi connectivity index (χ4v) is 4.78. The quantitative estimate of drug-likeness (QED) is 0.234. The summed E-state index contributed by atoms with van der Waals surface area (Å²) in [7, 11) is 1.85. The lowest BCUT2D eigenvalue weighted by Crippen LogP contribution is -2.43. The van der Waals surface area contributed by atoms with Crippen LogP contribution in [0, 0.1) is 12.8 Å². The number of aromatic amines is 1. The number of fused-ring (bicyclic) bond motifs is 1. The molecule has 0 unspecified atom stereocenters. The highest BCUT2D eigenvalue weighted by atomic mass is 127. The van der Waals surface area contributed by atoms with Gasteiger partial charge in [0.25, 0.3) is 0 Å². The minimum atomic E-state index is 0. The van der Waals surface area contributed by atoms with E-state index in [1.54, 1.807) is 11.3 Å². The van der Waals surface area contributed by atoms with Gasteiger partial charge in [-0.15, -0.1) is 35.3 Å². The number of aryl methyl sites for hydroxylation is 1. The topological polar surface area (TPSA) is 68.3 Å². The number of nitrogens with zero attached hydrogens (tertiary/aromatic N) is 3. The predicted octanol–water partition coefficient (Wildman–Crippen LogP) is 4.17. The third-order valence-corrected chi connectivity index (χ3v) is 6.73. The molecule has 0 spiro atoms. The van der Waals surface area contributed by atoms with E-state index in [0.717, 1.165) is 50.1 Å². The van der Waals surface area contributed by atoms with Gasteiger partial charge in [-0.1, -0.05) is 18.2 Å². The number of guanidine groups is 1. The molecule has 0 radical (unpaired) electrons. The van der Waals surface area contributed by atoms with Crippen molar-refractivity contribution in [2.75, 3.05) is 33.2 Å². The van der Waals surface area contributed by atoms with Crippen LogP contribution in [0.15, 0.2) is 40.8 Å². The summed E-state index contributed by atoms with van der Waals surface area (Å²) in [5, 5.41) is 11.6. The minimum absolute atomic E-state index is 0. The first-order valence-electron chi connectivity index (χ1n) is 10.8. The standard InChI is InChI=1S/C23H32N6S.HI/c1-17-28-20(16-30-17)15-29-11-8-18(9-12-29)13-27-23(24-2)25-10-7-19-14-26-22-6-4-3-5-21(19)22;/h3-6,14,16,18,26H,7-13,15H2,1-2H3,(H2,24,25,27);1H. The SMILES string of the molecule is CN=C(NCCc1c[nH]c2ccccc12)NCC1CCN(Cc2csc(C)n2)CC1.I. The number of rotatable bonds is 7. The van der Waals surface area contributed by atoms with Crippen molar-refractivity contribution in [2.24, 2.45) is 10.9 Å². The fourth-order valence-electron chi connectivity index (χ4n) is 4.17. The fraction of sp³-hybridized carbons (Fsp3) is 0.478. The molecule has 1 saturated heterocycles. The normalized spacial score (nSPS) is 15.7. The summed E-state index contributed by atoms with van der Waals surface area (Å²) in [4.78, 5) is 14.9. The van der Waals surface area contributed by atoms with E-state index in [9.17, 15) is 0 Å². The second kappa shape index (κ2) is 11.8. The van der Waals surface area contributed by atoms with Gasteiger partial charge in [0.2, 0.25) is 0 Å². The van der Waals surface area contributed by atoms with E-state index in [1.165, 1.54) is 35.0 Å². The zero-order valence-electron chi connectivity index (χ0n) is 18.4. The molecule has 8 heteroatoms. The van der Waals surface area contributed by atoms with Crippen LogP contribution in [0.5, 0.6) is 0 Å².